The maximum absolute atomic E-state index is 6.41. The highest BCUT2D eigenvalue weighted by Gasteiger charge is 2.41. The molecule has 0 unspecified atom stereocenters. The second kappa shape index (κ2) is 6.96. The number of hydrogen-bond donors (Lipinski definition) is 0. The van der Waals surface area contributed by atoms with E-state index >= 15 is 0 Å². The van der Waals surface area contributed by atoms with E-state index in [1.165, 1.54) is 10.8 Å². The summed E-state index contributed by atoms with van der Waals surface area (Å²) >= 11 is 3.61. The lowest BCUT2D eigenvalue weighted by molar-refractivity contribution is -0.0191. The van der Waals surface area contributed by atoms with Crippen LogP contribution in [0.1, 0.15) is 35.4 Å². The Labute approximate surface area is 183 Å². The SMILES string of the molecule is Brc1ccc2c(c1)[C@@H]1CC(c3ccc4ccccc4c3)=NN1[C@H](c1ccncc1)O2. The van der Waals surface area contributed by atoms with Crippen molar-refractivity contribution < 1.29 is 4.74 Å². The van der Waals surface area contributed by atoms with Crippen LogP contribution in [0.15, 0.2) is 94.8 Å². The Balaban J connectivity index is 1.46. The van der Waals surface area contributed by atoms with Crippen LogP contribution in [0.2, 0.25) is 0 Å². The fraction of sp³-hybridized carbons (Fsp3) is 0.120. The first-order chi connectivity index (χ1) is 14.8. The molecule has 5 heteroatoms. The molecule has 2 aliphatic heterocycles. The van der Waals surface area contributed by atoms with Crippen LogP contribution in [0.4, 0.5) is 0 Å². The van der Waals surface area contributed by atoms with Gasteiger partial charge in [-0.3, -0.25) is 4.98 Å². The standard InChI is InChI=1S/C25H18BrN3O/c26-20-7-8-24-21(14-20)23-15-22(19-6-5-16-3-1-2-4-18(16)13-19)28-29(23)25(30-24)17-9-11-27-12-10-17/h1-14,23,25H,15H2/t23-,25-/m0/s1. The molecular formula is C25H18BrN3O. The Morgan fingerprint density at radius 1 is 0.900 bits per heavy atom. The van der Waals surface area contributed by atoms with Crippen LogP contribution in [-0.4, -0.2) is 15.7 Å². The van der Waals surface area contributed by atoms with Crippen molar-refractivity contribution in [2.75, 3.05) is 0 Å². The second-order valence-corrected chi connectivity index (χ2v) is 8.56. The van der Waals surface area contributed by atoms with Crippen LogP contribution < -0.4 is 4.74 Å². The maximum Gasteiger partial charge on any atom is 0.213 e. The minimum Gasteiger partial charge on any atom is -0.464 e. The van der Waals surface area contributed by atoms with E-state index in [0.29, 0.717) is 0 Å². The number of hydrazone groups is 1. The summed E-state index contributed by atoms with van der Waals surface area (Å²) in [6.07, 6.45) is 4.17. The zero-order valence-electron chi connectivity index (χ0n) is 16.1. The number of hydrogen-bond acceptors (Lipinski definition) is 4. The van der Waals surface area contributed by atoms with Crippen LogP contribution in [0, 0.1) is 0 Å². The lowest BCUT2D eigenvalue weighted by Crippen LogP contribution is -2.33. The monoisotopic (exact) mass is 455 g/mol. The van der Waals surface area contributed by atoms with E-state index < -0.39 is 0 Å². The van der Waals surface area contributed by atoms with E-state index in [0.717, 1.165) is 39.0 Å². The molecule has 30 heavy (non-hydrogen) atoms. The molecule has 1 aromatic heterocycles. The lowest BCUT2D eigenvalue weighted by Gasteiger charge is -2.38. The van der Waals surface area contributed by atoms with Gasteiger partial charge in [0.05, 0.1) is 11.8 Å². The molecule has 4 aromatic rings. The molecule has 0 amide bonds. The van der Waals surface area contributed by atoms with Crippen molar-refractivity contribution >= 4 is 32.4 Å². The van der Waals surface area contributed by atoms with Crippen molar-refractivity contribution in [1.29, 1.82) is 0 Å². The highest BCUT2D eigenvalue weighted by atomic mass is 79.9. The summed E-state index contributed by atoms with van der Waals surface area (Å²) < 4.78 is 7.46. The van der Waals surface area contributed by atoms with Gasteiger partial charge in [-0.25, -0.2) is 5.01 Å². The molecule has 0 N–H and O–H groups in total. The fourth-order valence-electron chi connectivity index (χ4n) is 4.35. The van der Waals surface area contributed by atoms with Gasteiger partial charge in [-0.1, -0.05) is 52.3 Å². The van der Waals surface area contributed by atoms with E-state index in [1.807, 2.05) is 24.3 Å². The van der Waals surface area contributed by atoms with Crippen LogP contribution in [0.3, 0.4) is 0 Å². The van der Waals surface area contributed by atoms with Gasteiger partial charge in [-0.05, 0) is 52.7 Å². The molecule has 2 aliphatic rings. The van der Waals surface area contributed by atoms with E-state index in [9.17, 15) is 0 Å². The molecule has 0 bridgehead atoms. The van der Waals surface area contributed by atoms with Crippen LogP contribution >= 0.6 is 15.9 Å². The average Bonchev–Trinajstić information content (AvgIpc) is 3.25. The number of benzene rings is 3. The summed E-state index contributed by atoms with van der Waals surface area (Å²) in [6.45, 7) is 0. The Hall–Kier alpha value is -3.18. The third-order valence-corrected chi connectivity index (χ3v) is 6.32. The van der Waals surface area contributed by atoms with E-state index in [1.54, 1.807) is 12.4 Å². The van der Waals surface area contributed by atoms with Gasteiger partial charge in [0.25, 0.3) is 0 Å². The van der Waals surface area contributed by atoms with Crippen LogP contribution in [0.5, 0.6) is 5.75 Å². The summed E-state index contributed by atoms with van der Waals surface area (Å²) in [5.74, 6) is 0.913. The second-order valence-electron chi connectivity index (χ2n) is 7.64. The van der Waals surface area contributed by atoms with Crippen molar-refractivity contribution in [3.8, 4) is 5.75 Å². The Morgan fingerprint density at radius 2 is 1.73 bits per heavy atom. The Morgan fingerprint density at radius 3 is 2.60 bits per heavy atom. The van der Waals surface area contributed by atoms with Gasteiger partial charge < -0.3 is 4.74 Å². The molecule has 4 nitrogen and oxygen atoms in total. The third kappa shape index (κ3) is 2.89. The first kappa shape index (κ1) is 17.7. The number of pyridine rings is 1. The zero-order valence-corrected chi connectivity index (χ0v) is 17.7. The molecule has 0 radical (unpaired) electrons. The Kier molecular flexibility index (Phi) is 4.09. The van der Waals surface area contributed by atoms with Gasteiger partial charge in [-0.2, -0.15) is 5.10 Å². The van der Waals surface area contributed by atoms with E-state index in [2.05, 4.69) is 74.5 Å². The van der Waals surface area contributed by atoms with E-state index in [-0.39, 0.29) is 12.3 Å². The van der Waals surface area contributed by atoms with Crippen molar-refractivity contribution in [1.82, 2.24) is 9.99 Å². The topological polar surface area (TPSA) is 37.7 Å². The molecule has 3 aromatic carbocycles. The smallest absolute Gasteiger partial charge is 0.213 e. The van der Waals surface area contributed by atoms with Crippen molar-refractivity contribution in [2.45, 2.75) is 18.7 Å². The molecule has 2 atom stereocenters. The maximum atomic E-state index is 6.41. The minimum absolute atomic E-state index is 0.130. The predicted octanol–water partition coefficient (Wildman–Crippen LogP) is 6.24. The summed E-state index contributed by atoms with van der Waals surface area (Å²) in [6, 6.07) is 25.3. The highest BCUT2D eigenvalue weighted by molar-refractivity contribution is 9.10. The normalized spacial score (nSPS) is 19.8. The molecule has 0 saturated heterocycles. The number of halogens is 1. The largest absolute Gasteiger partial charge is 0.464 e. The summed E-state index contributed by atoms with van der Waals surface area (Å²) in [7, 11) is 0. The molecule has 0 spiro atoms. The summed E-state index contributed by atoms with van der Waals surface area (Å²) in [5, 5.41) is 9.64. The number of rotatable bonds is 2. The van der Waals surface area contributed by atoms with Crippen LogP contribution in [-0.2, 0) is 0 Å². The Bertz CT molecular complexity index is 1290. The number of fused-ring (bicyclic) bond motifs is 4. The molecule has 3 heterocycles. The predicted molar refractivity (Wildman–Crippen MR) is 121 cm³/mol. The molecular weight excluding hydrogens is 438 g/mol. The van der Waals surface area contributed by atoms with Crippen molar-refractivity contribution in [2.24, 2.45) is 5.10 Å². The molecule has 0 saturated carbocycles. The minimum atomic E-state index is -0.273. The van der Waals surface area contributed by atoms with Gasteiger partial charge in [-0.15, -0.1) is 0 Å². The summed E-state index contributed by atoms with van der Waals surface area (Å²) in [4.78, 5) is 4.16. The zero-order chi connectivity index (χ0) is 20.1. The highest BCUT2D eigenvalue weighted by Crippen LogP contribution is 2.48. The van der Waals surface area contributed by atoms with Gasteiger partial charge >= 0.3 is 0 Å². The van der Waals surface area contributed by atoms with Crippen molar-refractivity contribution in [3.05, 3.63) is 106 Å². The first-order valence-electron chi connectivity index (χ1n) is 9.97. The summed E-state index contributed by atoms with van der Waals surface area (Å²) in [5.41, 5.74) is 4.45. The molecule has 0 aliphatic carbocycles. The van der Waals surface area contributed by atoms with Gasteiger partial charge in [0.1, 0.15) is 5.75 Å². The molecule has 0 fully saturated rings. The van der Waals surface area contributed by atoms with Crippen LogP contribution in [0.25, 0.3) is 10.8 Å². The first-order valence-corrected chi connectivity index (χ1v) is 10.8. The quantitative estimate of drug-likeness (QED) is 0.359. The molecule has 6 rings (SSSR count). The van der Waals surface area contributed by atoms with Gasteiger partial charge in [0.15, 0.2) is 0 Å². The van der Waals surface area contributed by atoms with Gasteiger partial charge in [0, 0.05) is 34.4 Å². The van der Waals surface area contributed by atoms with E-state index in [4.69, 9.17) is 9.84 Å². The molecule has 146 valence electrons. The number of ether oxygens (including phenoxy) is 1. The van der Waals surface area contributed by atoms with Gasteiger partial charge in [0.2, 0.25) is 6.23 Å². The average molecular weight is 456 g/mol. The van der Waals surface area contributed by atoms with Crippen molar-refractivity contribution in [3.63, 3.8) is 0 Å². The third-order valence-electron chi connectivity index (χ3n) is 5.83. The lowest BCUT2D eigenvalue weighted by atomic mass is 9.95. The fourth-order valence-corrected chi connectivity index (χ4v) is 4.73. The number of nitrogens with zero attached hydrogens (tertiary/aromatic N) is 3. The number of aromatic nitrogens is 1.